The molecule has 0 saturated carbocycles. The smallest absolute Gasteiger partial charge is 0.237 e. The number of amides is 1. The van der Waals surface area contributed by atoms with E-state index in [0.29, 0.717) is 42.5 Å². The maximum atomic E-state index is 12.3. The molecule has 0 bridgehead atoms. The van der Waals surface area contributed by atoms with Crippen molar-refractivity contribution >= 4 is 11.6 Å². The molecule has 2 aromatic heterocycles. The van der Waals surface area contributed by atoms with Crippen LogP contribution in [-0.4, -0.2) is 36.1 Å². The lowest BCUT2D eigenvalue weighted by molar-refractivity contribution is -0.116. The van der Waals surface area contributed by atoms with Crippen molar-refractivity contribution in [2.75, 3.05) is 5.32 Å². The Morgan fingerprint density at radius 2 is 1.97 bits per heavy atom. The van der Waals surface area contributed by atoms with E-state index >= 15 is 0 Å². The Hall–Kier alpha value is -4.14. The number of aromatic nitrogens is 6. The first-order valence-electron chi connectivity index (χ1n) is 9.43. The minimum atomic E-state index is -0.102. The fourth-order valence-corrected chi connectivity index (χ4v) is 2.74. The van der Waals surface area contributed by atoms with Gasteiger partial charge in [-0.05, 0) is 23.8 Å². The Labute approximate surface area is 172 Å². The molecule has 2 aromatic carbocycles. The Morgan fingerprint density at radius 3 is 2.80 bits per heavy atom. The van der Waals surface area contributed by atoms with Crippen LogP contribution < -0.4 is 10.1 Å². The molecule has 0 saturated heterocycles. The van der Waals surface area contributed by atoms with Crippen molar-refractivity contribution in [3.63, 3.8) is 0 Å². The molecule has 4 rings (SSSR count). The predicted octanol–water partition coefficient (Wildman–Crippen LogP) is 3.34. The number of nitrogens with zero attached hydrogens (tertiary/aromatic N) is 6. The van der Waals surface area contributed by atoms with E-state index in [9.17, 15) is 4.79 Å². The number of hydrogen-bond acceptors (Lipinski definition) is 7. The number of rotatable bonds is 8. The van der Waals surface area contributed by atoms with E-state index in [1.807, 2.05) is 30.3 Å². The first-order valence-corrected chi connectivity index (χ1v) is 9.43. The minimum Gasteiger partial charge on any atom is -0.437 e. The molecule has 9 nitrogen and oxygen atoms in total. The highest BCUT2D eigenvalue weighted by Crippen LogP contribution is 2.22. The topological polar surface area (TPSA) is 108 Å². The zero-order valence-electron chi connectivity index (χ0n) is 16.0. The summed E-state index contributed by atoms with van der Waals surface area (Å²) in [6.45, 7) is 0.503. The molecule has 2 heterocycles. The molecule has 1 amide bonds. The van der Waals surface area contributed by atoms with Gasteiger partial charge >= 0.3 is 0 Å². The highest BCUT2D eigenvalue weighted by molar-refractivity contribution is 5.90. The van der Waals surface area contributed by atoms with Crippen LogP contribution in [0.2, 0.25) is 0 Å². The third kappa shape index (κ3) is 5.22. The Kier molecular flexibility index (Phi) is 5.99. The summed E-state index contributed by atoms with van der Waals surface area (Å²) in [5.41, 5.74) is 1.55. The van der Waals surface area contributed by atoms with Crippen LogP contribution in [0, 0.1) is 0 Å². The van der Waals surface area contributed by atoms with Gasteiger partial charge in [-0.2, -0.15) is 4.80 Å². The van der Waals surface area contributed by atoms with E-state index in [4.69, 9.17) is 4.74 Å². The fraction of sp³-hybridized carbons (Fsp3) is 0.143. The minimum absolute atomic E-state index is 0.102. The molecule has 0 unspecified atom stereocenters. The maximum Gasteiger partial charge on any atom is 0.237 e. The van der Waals surface area contributed by atoms with Gasteiger partial charge in [-0.25, -0.2) is 4.98 Å². The second kappa shape index (κ2) is 9.37. The van der Waals surface area contributed by atoms with Gasteiger partial charge in [0.25, 0.3) is 0 Å². The van der Waals surface area contributed by atoms with Gasteiger partial charge in [0.05, 0.1) is 12.7 Å². The summed E-state index contributed by atoms with van der Waals surface area (Å²) in [5.74, 6) is 1.42. The second-order valence-electron chi connectivity index (χ2n) is 6.40. The van der Waals surface area contributed by atoms with E-state index < -0.39 is 0 Å². The third-order valence-electron chi connectivity index (χ3n) is 4.13. The first-order chi connectivity index (χ1) is 14.8. The van der Waals surface area contributed by atoms with Crippen LogP contribution in [0.3, 0.4) is 0 Å². The van der Waals surface area contributed by atoms with Crippen molar-refractivity contribution in [1.82, 2.24) is 30.2 Å². The zero-order chi connectivity index (χ0) is 20.6. The van der Waals surface area contributed by atoms with Crippen LogP contribution in [0.4, 0.5) is 5.69 Å². The van der Waals surface area contributed by atoms with Gasteiger partial charge < -0.3 is 10.1 Å². The van der Waals surface area contributed by atoms with Crippen molar-refractivity contribution in [2.24, 2.45) is 0 Å². The molecule has 0 aliphatic heterocycles. The number of aryl methyl sites for hydroxylation is 1. The molecule has 0 aliphatic rings. The third-order valence-corrected chi connectivity index (χ3v) is 4.13. The second-order valence-corrected chi connectivity index (χ2v) is 6.40. The first kappa shape index (κ1) is 19.2. The van der Waals surface area contributed by atoms with Crippen molar-refractivity contribution < 1.29 is 9.53 Å². The highest BCUT2D eigenvalue weighted by atomic mass is 16.5. The SMILES string of the molecule is O=C(CCCn1nnc(-c2ccccc2)n1)Nc1cccc(Oc2cnccn2)c1. The zero-order valence-corrected chi connectivity index (χ0v) is 16.0. The molecule has 0 aliphatic carbocycles. The van der Waals surface area contributed by atoms with Gasteiger partial charge in [-0.1, -0.05) is 36.4 Å². The van der Waals surface area contributed by atoms with Crippen LogP contribution in [0.15, 0.2) is 73.2 Å². The lowest BCUT2D eigenvalue weighted by atomic mass is 10.2. The van der Waals surface area contributed by atoms with Crippen LogP contribution in [0.1, 0.15) is 12.8 Å². The van der Waals surface area contributed by atoms with Crippen LogP contribution >= 0.6 is 0 Å². The average molecular weight is 401 g/mol. The molecule has 30 heavy (non-hydrogen) atoms. The maximum absolute atomic E-state index is 12.3. The number of tetrazole rings is 1. The summed E-state index contributed by atoms with van der Waals surface area (Å²) in [4.78, 5) is 21.8. The van der Waals surface area contributed by atoms with Gasteiger partial charge in [0, 0.05) is 36.1 Å². The van der Waals surface area contributed by atoms with Crippen LogP contribution in [0.25, 0.3) is 11.4 Å². The van der Waals surface area contributed by atoms with Crippen molar-refractivity contribution in [3.05, 3.63) is 73.2 Å². The quantitative estimate of drug-likeness (QED) is 0.482. The summed E-state index contributed by atoms with van der Waals surface area (Å²) in [5, 5.41) is 15.3. The lowest BCUT2D eigenvalue weighted by Crippen LogP contribution is -2.13. The monoisotopic (exact) mass is 401 g/mol. The molecular formula is C21H19N7O2. The lowest BCUT2D eigenvalue weighted by Gasteiger charge is -2.08. The van der Waals surface area contributed by atoms with Crippen LogP contribution in [-0.2, 0) is 11.3 Å². The van der Waals surface area contributed by atoms with Crippen molar-refractivity contribution in [3.8, 4) is 23.0 Å². The average Bonchev–Trinajstić information content (AvgIpc) is 3.24. The molecular weight excluding hydrogens is 382 g/mol. The molecule has 0 fully saturated rings. The largest absolute Gasteiger partial charge is 0.437 e. The summed E-state index contributed by atoms with van der Waals surface area (Å²) in [6, 6.07) is 16.8. The van der Waals surface area contributed by atoms with Gasteiger partial charge in [-0.15, -0.1) is 10.2 Å². The molecule has 9 heteroatoms. The fourth-order valence-electron chi connectivity index (χ4n) is 2.74. The molecule has 1 N–H and O–H groups in total. The number of anilines is 1. The van der Waals surface area contributed by atoms with E-state index in [1.54, 1.807) is 36.7 Å². The molecule has 4 aromatic rings. The van der Waals surface area contributed by atoms with E-state index in [2.05, 4.69) is 30.7 Å². The summed E-state index contributed by atoms with van der Waals surface area (Å²) < 4.78 is 5.63. The molecule has 0 atom stereocenters. The van der Waals surface area contributed by atoms with Gasteiger partial charge in [0.2, 0.25) is 17.6 Å². The predicted molar refractivity (Wildman–Crippen MR) is 110 cm³/mol. The van der Waals surface area contributed by atoms with E-state index in [1.165, 1.54) is 11.0 Å². The highest BCUT2D eigenvalue weighted by Gasteiger charge is 2.08. The molecule has 0 radical (unpaired) electrons. The van der Waals surface area contributed by atoms with Crippen molar-refractivity contribution in [1.29, 1.82) is 0 Å². The number of hydrogen-bond donors (Lipinski definition) is 1. The number of benzene rings is 2. The van der Waals surface area contributed by atoms with Crippen molar-refractivity contribution in [2.45, 2.75) is 19.4 Å². The summed E-state index contributed by atoms with van der Waals surface area (Å²) in [6.07, 6.45) is 5.56. The number of nitrogens with one attached hydrogen (secondary N) is 1. The Morgan fingerprint density at radius 1 is 1.07 bits per heavy atom. The standard InChI is InChI=1S/C21H19N7O2/c29-19(10-5-13-28-26-21(25-27-28)16-6-2-1-3-7-16)24-17-8-4-9-18(14-17)30-20-15-22-11-12-23-20/h1-4,6-9,11-12,14-15H,5,10,13H2,(H,24,29). The van der Waals surface area contributed by atoms with Gasteiger partial charge in [-0.3, -0.25) is 9.78 Å². The Bertz CT molecular complexity index is 1100. The summed E-state index contributed by atoms with van der Waals surface area (Å²) >= 11 is 0. The van der Waals surface area contributed by atoms with Crippen LogP contribution in [0.5, 0.6) is 11.6 Å². The summed E-state index contributed by atoms with van der Waals surface area (Å²) in [7, 11) is 0. The molecule has 0 spiro atoms. The molecule has 150 valence electrons. The van der Waals surface area contributed by atoms with Gasteiger partial charge in [0.15, 0.2) is 0 Å². The van der Waals surface area contributed by atoms with Gasteiger partial charge in [0.1, 0.15) is 5.75 Å². The number of carbonyl (C=O) groups excluding carboxylic acids is 1. The normalized spacial score (nSPS) is 10.5. The number of carbonyl (C=O) groups is 1. The Balaban J connectivity index is 1.26. The number of ether oxygens (including phenoxy) is 1. The van der Waals surface area contributed by atoms with E-state index in [-0.39, 0.29) is 5.91 Å². The van der Waals surface area contributed by atoms with E-state index in [0.717, 1.165) is 5.56 Å².